The molecule has 2 aliphatic rings. The van der Waals surface area contributed by atoms with Gasteiger partial charge in [0.2, 0.25) is 5.88 Å². The molecule has 109 valence electrons. The third-order valence-corrected chi connectivity index (χ3v) is 4.25. The van der Waals surface area contributed by atoms with E-state index >= 15 is 0 Å². The van der Waals surface area contributed by atoms with Crippen LogP contribution < -0.4 is 10.1 Å². The molecule has 2 fully saturated rings. The monoisotopic (exact) mass is 276 g/mol. The minimum atomic E-state index is -0.363. The van der Waals surface area contributed by atoms with Crippen LogP contribution in [0.25, 0.3) is 0 Å². The average molecular weight is 276 g/mol. The number of nitrogens with zero attached hydrogens (tertiary/aromatic N) is 2. The predicted molar refractivity (Wildman–Crippen MR) is 76.4 cm³/mol. The molecule has 0 spiro atoms. The van der Waals surface area contributed by atoms with Gasteiger partial charge in [0.1, 0.15) is 18.2 Å². The van der Waals surface area contributed by atoms with Gasteiger partial charge in [-0.2, -0.15) is 0 Å². The second-order valence-electron chi connectivity index (χ2n) is 5.91. The van der Waals surface area contributed by atoms with E-state index < -0.39 is 0 Å². The summed E-state index contributed by atoms with van der Waals surface area (Å²) in [6, 6.07) is 2.37. The molecule has 1 aromatic rings. The summed E-state index contributed by atoms with van der Waals surface area (Å²) >= 11 is 0. The molecule has 20 heavy (non-hydrogen) atoms. The van der Waals surface area contributed by atoms with Crippen LogP contribution in [0.4, 0.5) is 5.82 Å². The van der Waals surface area contributed by atoms with Crippen LogP contribution in [-0.2, 0) is 0 Å². The predicted octanol–water partition coefficient (Wildman–Crippen LogP) is 2.18. The number of nitrogens with one attached hydrogen (secondary N) is 1. The van der Waals surface area contributed by atoms with Gasteiger partial charge in [0.25, 0.3) is 0 Å². The lowest BCUT2D eigenvalue weighted by Gasteiger charge is -2.15. The van der Waals surface area contributed by atoms with Crippen LogP contribution in [0.3, 0.4) is 0 Å². The summed E-state index contributed by atoms with van der Waals surface area (Å²) in [7, 11) is 0. The Morgan fingerprint density at radius 1 is 1.25 bits per heavy atom. The van der Waals surface area contributed by atoms with Gasteiger partial charge in [0, 0.05) is 18.5 Å². The van der Waals surface area contributed by atoms with Crippen LogP contribution in [0, 0.1) is 12.8 Å². The lowest BCUT2D eigenvalue weighted by Crippen LogP contribution is -2.17. The minimum absolute atomic E-state index is 0.00160. The van der Waals surface area contributed by atoms with Crippen molar-refractivity contribution in [2.75, 3.05) is 5.32 Å². The second kappa shape index (κ2) is 5.95. The molecule has 0 unspecified atom stereocenters. The molecule has 0 saturated heterocycles. The first kappa shape index (κ1) is 13.6. The fourth-order valence-corrected chi connectivity index (χ4v) is 3.08. The number of aliphatic hydroxyl groups is 1. The highest BCUT2D eigenvalue weighted by atomic mass is 16.5. The zero-order valence-corrected chi connectivity index (χ0v) is 11.7. The number of hydrogen-bond donors (Lipinski definition) is 2. The molecular weight excluding hydrogens is 254 g/mol. The van der Waals surface area contributed by atoms with E-state index in [9.17, 15) is 5.11 Å². The first-order valence-electron chi connectivity index (χ1n) is 7.47. The van der Waals surface area contributed by atoms with Gasteiger partial charge in [-0.3, -0.25) is 0 Å². The number of aromatic nitrogens is 2. The van der Waals surface area contributed by atoms with Crippen molar-refractivity contribution >= 4 is 5.82 Å². The van der Waals surface area contributed by atoms with Gasteiger partial charge < -0.3 is 15.2 Å². The molecule has 2 saturated carbocycles. The van der Waals surface area contributed by atoms with E-state index in [0.717, 1.165) is 12.2 Å². The second-order valence-corrected chi connectivity index (χ2v) is 5.91. The van der Waals surface area contributed by atoms with Gasteiger partial charge >= 0.3 is 0 Å². The molecule has 1 aromatic heterocycles. The Morgan fingerprint density at radius 2 is 2.05 bits per heavy atom. The maximum atomic E-state index is 9.70. The Bertz CT molecular complexity index is 438. The summed E-state index contributed by atoms with van der Waals surface area (Å²) in [5, 5.41) is 13.1. The number of aliphatic hydroxyl groups excluding tert-OH is 1. The van der Waals surface area contributed by atoms with Crippen molar-refractivity contribution in [2.45, 2.75) is 56.8 Å². The third-order valence-electron chi connectivity index (χ3n) is 4.25. The van der Waals surface area contributed by atoms with Crippen LogP contribution in [0.1, 0.15) is 38.5 Å². The van der Waals surface area contributed by atoms with Crippen molar-refractivity contribution < 1.29 is 9.84 Å². The van der Waals surface area contributed by atoms with Crippen LogP contribution >= 0.6 is 0 Å². The molecule has 1 heterocycles. The van der Waals surface area contributed by atoms with Crippen LogP contribution in [-0.4, -0.2) is 33.3 Å². The SMILES string of the molecule is [CH2][C@H]1C[C@@H](Oc2cc(NC3CCCC3)ncn2)C[C@@H]1O. The lowest BCUT2D eigenvalue weighted by atomic mass is 10.1. The van der Waals surface area contributed by atoms with E-state index in [2.05, 4.69) is 22.2 Å². The molecule has 0 bridgehead atoms. The smallest absolute Gasteiger partial charge is 0.218 e. The summed E-state index contributed by atoms with van der Waals surface area (Å²) in [5.41, 5.74) is 0. The molecule has 0 aliphatic heterocycles. The molecular formula is C15H22N3O2. The third kappa shape index (κ3) is 3.20. The summed E-state index contributed by atoms with van der Waals surface area (Å²) in [4.78, 5) is 8.40. The Kier molecular flexibility index (Phi) is 4.05. The Balaban J connectivity index is 1.59. The van der Waals surface area contributed by atoms with Gasteiger partial charge in [0.05, 0.1) is 6.10 Å². The van der Waals surface area contributed by atoms with Crippen LogP contribution in [0.5, 0.6) is 5.88 Å². The Morgan fingerprint density at radius 3 is 2.75 bits per heavy atom. The lowest BCUT2D eigenvalue weighted by molar-refractivity contribution is 0.134. The number of rotatable bonds is 4. The zero-order chi connectivity index (χ0) is 13.9. The van der Waals surface area contributed by atoms with Gasteiger partial charge in [-0.05, 0) is 32.1 Å². The van der Waals surface area contributed by atoms with Crippen LogP contribution in [0.2, 0.25) is 0 Å². The number of ether oxygens (including phenoxy) is 1. The summed E-state index contributed by atoms with van der Waals surface area (Å²) in [5.74, 6) is 1.45. The molecule has 1 radical (unpaired) electrons. The Hall–Kier alpha value is -1.36. The summed E-state index contributed by atoms with van der Waals surface area (Å²) in [6.45, 7) is 3.92. The molecule has 3 rings (SSSR count). The zero-order valence-electron chi connectivity index (χ0n) is 11.7. The number of anilines is 1. The summed E-state index contributed by atoms with van der Waals surface area (Å²) < 4.78 is 5.83. The first-order valence-corrected chi connectivity index (χ1v) is 7.47. The highest BCUT2D eigenvalue weighted by Crippen LogP contribution is 2.29. The van der Waals surface area contributed by atoms with Crippen molar-refractivity contribution in [1.29, 1.82) is 0 Å². The fourth-order valence-electron chi connectivity index (χ4n) is 3.08. The maximum Gasteiger partial charge on any atom is 0.218 e. The van der Waals surface area contributed by atoms with Gasteiger partial charge in [-0.1, -0.05) is 12.8 Å². The van der Waals surface area contributed by atoms with E-state index in [0.29, 0.717) is 18.3 Å². The minimum Gasteiger partial charge on any atom is -0.474 e. The summed E-state index contributed by atoms with van der Waals surface area (Å²) in [6.07, 6.45) is 7.56. The topological polar surface area (TPSA) is 67.3 Å². The first-order chi connectivity index (χ1) is 9.70. The van der Waals surface area contributed by atoms with E-state index in [1.807, 2.05) is 6.07 Å². The average Bonchev–Trinajstić information content (AvgIpc) is 3.01. The van der Waals surface area contributed by atoms with Crippen LogP contribution in [0.15, 0.2) is 12.4 Å². The van der Waals surface area contributed by atoms with E-state index in [4.69, 9.17) is 4.74 Å². The van der Waals surface area contributed by atoms with E-state index in [-0.39, 0.29) is 18.1 Å². The fraction of sp³-hybridized carbons (Fsp3) is 0.667. The molecule has 2 aliphatic carbocycles. The quantitative estimate of drug-likeness (QED) is 0.882. The van der Waals surface area contributed by atoms with Crippen molar-refractivity contribution in [3.63, 3.8) is 0 Å². The molecule has 5 heteroatoms. The molecule has 0 amide bonds. The van der Waals surface area contributed by atoms with E-state index in [1.54, 1.807) is 0 Å². The molecule has 5 nitrogen and oxygen atoms in total. The maximum absolute atomic E-state index is 9.70. The van der Waals surface area contributed by atoms with Gasteiger partial charge in [-0.15, -0.1) is 0 Å². The molecule has 3 atom stereocenters. The van der Waals surface area contributed by atoms with Gasteiger partial charge in [-0.25, -0.2) is 9.97 Å². The molecule has 0 aromatic carbocycles. The highest BCUT2D eigenvalue weighted by Gasteiger charge is 2.31. The Labute approximate surface area is 119 Å². The normalized spacial score (nSPS) is 30.6. The largest absolute Gasteiger partial charge is 0.474 e. The van der Waals surface area contributed by atoms with Crippen molar-refractivity contribution in [3.05, 3.63) is 19.3 Å². The molecule has 2 N–H and O–H groups in total. The highest BCUT2D eigenvalue weighted by molar-refractivity contribution is 5.38. The van der Waals surface area contributed by atoms with E-state index in [1.165, 1.54) is 32.0 Å². The van der Waals surface area contributed by atoms with Crippen molar-refractivity contribution in [1.82, 2.24) is 9.97 Å². The van der Waals surface area contributed by atoms with Crippen molar-refractivity contribution in [3.8, 4) is 5.88 Å². The van der Waals surface area contributed by atoms with Crippen molar-refractivity contribution in [2.24, 2.45) is 5.92 Å². The van der Waals surface area contributed by atoms with Gasteiger partial charge in [0.15, 0.2) is 0 Å². The number of hydrogen-bond acceptors (Lipinski definition) is 5. The standard InChI is InChI=1S/C15H22N3O2/c1-10-6-12(7-13(10)19)20-15-8-14(16-9-17-15)18-11-4-2-3-5-11/h8-13,19H,1-7H2,(H,16,17,18)/t10-,12+,13-/m0/s1.